The lowest BCUT2D eigenvalue weighted by Gasteiger charge is -2.00. The Morgan fingerprint density at radius 1 is 0.773 bits per heavy atom. The lowest BCUT2D eigenvalue weighted by molar-refractivity contribution is 0.0686. The molecule has 0 radical (unpaired) electrons. The zero-order valence-electron chi connectivity index (χ0n) is 10.9. The maximum atomic E-state index is 10.9. The number of carboxylic acid groups (broad SMARTS) is 2. The van der Waals surface area contributed by atoms with E-state index in [1.807, 2.05) is 0 Å². The summed E-state index contributed by atoms with van der Waals surface area (Å²) in [5.41, 5.74) is 1.62. The molecule has 0 spiro atoms. The number of carbonyl (C=O) groups is 2. The Labute approximate surface area is 143 Å². The molecular weight excluding hydrogens is 416 g/mol. The zero-order valence-corrected chi connectivity index (χ0v) is 14.1. The molecular formula is C16H8Br2O4. The second-order valence-corrected chi connectivity index (χ2v) is 5.96. The summed E-state index contributed by atoms with van der Waals surface area (Å²) >= 11 is 6.57. The largest absolute Gasteiger partial charge is 0.478 e. The van der Waals surface area contributed by atoms with Crippen molar-refractivity contribution in [2.45, 2.75) is 0 Å². The van der Waals surface area contributed by atoms with Crippen LogP contribution in [0.4, 0.5) is 0 Å². The van der Waals surface area contributed by atoms with Crippen molar-refractivity contribution >= 4 is 43.8 Å². The summed E-state index contributed by atoms with van der Waals surface area (Å²) in [6.45, 7) is 0. The fourth-order valence-corrected chi connectivity index (χ4v) is 2.59. The molecule has 0 unspecified atom stereocenters. The van der Waals surface area contributed by atoms with E-state index in [1.54, 1.807) is 12.1 Å². The molecule has 0 fully saturated rings. The van der Waals surface area contributed by atoms with Crippen molar-refractivity contribution in [2.75, 3.05) is 0 Å². The van der Waals surface area contributed by atoms with E-state index in [1.165, 1.54) is 24.3 Å². The number of hydrogen-bond acceptors (Lipinski definition) is 2. The SMILES string of the molecule is O=C(O)c1ccc(C#Cc2ccc(C(=O)O)cc2Br)c(Br)c1. The summed E-state index contributed by atoms with van der Waals surface area (Å²) in [6.07, 6.45) is 0. The van der Waals surface area contributed by atoms with Crippen molar-refractivity contribution in [2.24, 2.45) is 0 Å². The normalized spacial score (nSPS) is 9.73. The molecule has 0 aliphatic carbocycles. The number of carboxylic acids is 2. The predicted octanol–water partition coefficient (Wildman–Crippen LogP) is 4.01. The number of aromatic carboxylic acids is 2. The fraction of sp³-hybridized carbons (Fsp3) is 0. The Morgan fingerprint density at radius 3 is 1.41 bits per heavy atom. The van der Waals surface area contributed by atoms with Gasteiger partial charge in [-0.15, -0.1) is 0 Å². The van der Waals surface area contributed by atoms with Crippen molar-refractivity contribution in [3.63, 3.8) is 0 Å². The van der Waals surface area contributed by atoms with E-state index in [9.17, 15) is 9.59 Å². The topological polar surface area (TPSA) is 74.6 Å². The Balaban J connectivity index is 2.35. The van der Waals surface area contributed by atoms with Crippen molar-refractivity contribution in [1.82, 2.24) is 0 Å². The number of halogens is 2. The summed E-state index contributed by atoms with van der Waals surface area (Å²) in [5, 5.41) is 17.8. The van der Waals surface area contributed by atoms with Crippen LogP contribution in [0.3, 0.4) is 0 Å². The summed E-state index contributed by atoms with van der Waals surface area (Å²) in [5.74, 6) is 3.82. The molecule has 110 valence electrons. The van der Waals surface area contributed by atoms with E-state index >= 15 is 0 Å². The third kappa shape index (κ3) is 3.75. The molecule has 0 amide bonds. The molecule has 0 bridgehead atoms. The molecule has 2 aromatic carbocycles. The van der Waals surface area contributed by atoms with E-state index in [4.69, 9.17) is 10.2 Å². The van der Waals surface area contributed by atoms with Crippen molar-refractivity contribution in [3.8, 4) is 11.8 Å². The van der Waals surface area contributed by atoms with Crippen LogP contribution in [-0.4, -0.2) is 22.2 Å². The standard InChI is InChI=1S/C16H8Br2O4/c17-13-7-11(15(19)20)5-3-9(13)1-2-10-4-6-12(16(21)22)8-14(10)18/h3-8H,(H,19,20)(H,21,22). The Morgan fingerprint density at radius 2 is 1.14 bits per heavy atom. The molecule has 0 aromatic heterocycles. The quantitative estimate of drug-likeness (QED) is 0.715. The van der Waals surface area contributed by atoms with Gasteiger partial charge >= 0.3 is 11.9 Å². The minimum absolute atomic E-state index is 0.171. The summed E-state index contributed by atoms with van der Waals surface area (Å²) in [6, 6.07) is 9.13. The lowest BCUT2D eigenvalue weighted by atomic mass is 10.1. The first-order chi connectivity index (χ1) is 10.4. The van der Waals surface area contributed by atoms with Gasteiger partial charge in [-0.1, -0.05) is 11.8 Å². The highest BCUT2D eigenvalue weighted by Gasteiger charge is 2.07. The monoisotopic (exact) mass is 422 g/mol. The molecule has 0 heterocycles. The number of benzene rings is 2. The Kier molecular flexibility index (Phi) is 5.01. The summed E-state index contributed by atoms with van der Waals surface area (Å²) in [7, 11) is 0. The predicted molar refractivity (Wildman–Crippen MR) is 88.2 cm³/mol. The summed E-state index contributed by atoms with van der Waals surface area (Å²) < 4.78 is 1.16. The third-order valence-corrected chi connectivity index (χ3v) is 4.08. The first-order valence-electron chi connectivity index (χ1n) is 5.96. The van der Waals surface area contributed by atoms with Gasteiger partial charge in [0.15, 0.2) is 0 Å². The van der Waals surface area contributed by atoms with Crippen LogP contribution >= 0.6 is 31.9 Å². The van der Waals surface area contributed by atoms with Crippen LogP contribution in [0.5, 0.6) is 0 Å². The Bertz CT molecular complexity index is 764. The smallest absolute Gasteiger partial charge is 0.335 e. The molecule has 0 aliphatic rings. The number of rotatable bonds is 2. The van der Waals surface area contributed by atoms with Crippen LogP contribution in [0, 0.1) is 11.8 Å². The van der Waals surface area contributed by atoms with Crippen LogP contribution in [0.2, 0.25) is 0 Å². The Hall–Kier alpha value is -2.10. The van der Waals surface area contributed by atoms with Gasteiger partial charge in [-0.25, -0.2) is 9.59 Å². The molecule has 0 saturated heterocycles. The van der Waals surface area contributed by atoms with Gasteiger partial charge in [0.05, 0.1) is 11.1 Å². The highest BCUT2D eigenvalue weighted by atomic mass is 79.9. The van der Waals surface area contributed by atoms with Crippen LogP contribution in [-0.2, 0) is 0 Å². The highest BCUT2D eigenvalue weighted by molar-refractivity contribution is 9.10. The maximum absolute atomic E-state index is 10.9. The van der Waals surface area contributed by atoms with Crippen LogP contribution < -0.4 is 0 Å². The minimum Gasteiger partial charge on any atom is -0.478 e. The molecule has 4 nitrogen and oxygen atoms in total. The van der Waals surface area contributed by atoms with E-state index in [-0.39, 0.29) is 11.1 Å². The molecule has 22 heavy (non-hydrogen) atoms. The van der Waals surface area contributed by atoms with Crippen LogP contribution in [0.25, 0.3) is 0 Å². The van der Waals surface area contributed by atoms with Gasteiger partial charge in [0.2, 0.25) is 0 Å². The van der Waals surface area contributed by atoms with Gasteiger partial charge in [-0.2, -0.15) is 0 Å². The van der Waals surface area contributed by atoms with E-state index in [2.05, 4.69) is 43.7 Å². The van der Waals surface area contributed by atoms with Gasteiger partial charge in [0, 0.05) is 20.1 Å². The average molecular weight is 424 g/mol. The molecule has 0 aliphatic heterocycles. The maximum Gasteiger partial charge on any atom is 0.335 e. The molecule has 2 rings (SSSR count). The highest BCUT2D eigenvalue weighted by Crippen LogP contribution is 2.20. The number of hydrogen-bond donors (Lipinski definition) is 2. The van der Waals surface area contributed by atoms with E-state index in [0.717, 1.165) is 0 Å². The molecule has 6 heteroatoms. The average Bonchev–Trinajstić information content (AvgIpc) is 2.46. The lowest BCUT2D eigenvalue weighted by Crippen LogP contribution is -1.96. The van der Waals surface area contributed by atoms with Gasteiger partial charge in [-0.05, 0) is 68.3 Å². The third-order valence-electron chi connectivity index (χ3n) is 2.76. The zero-order chi connectivity index (χ0) is 16.3. The van der Waals surface area contributed by atoms with Crippen LogP contribution in [0.1, 0.15) is 31.8 Å². The van der Waals surface area contributed by atoms with Crippen molar-refractivity contribution in [1.29, 1.82) is 0 Å². The molecule has 0 atom stereocenters. The fourth-order valence-electron chi connectivity index (χ4n) is 1.63. The molecule has 2 aromatic rings. The molecule has 0 saturated carbocycles. The van der Waals surface area contributed by atoms with Gasteiger partial charge in [0.25, 0.3) is 0 Å². The van der Waals surface area contributed by atoms with E-state index in [0.29, 0.717) is 20.1 Å². The van der Waals surface area contributed by atoms with Gasteiger partial charge in [0.1, 0.15) is 0 Å². The van der Waals surface area contributed by atoms with Crippen LogP contribution in [0.15, 0.2) is 45.3 Å². The van der Waals surface area contributed by atoms with Gasteiger partial charge in [-0.3, -0.25) is 0 Å². The summed E-state index contributed by atoms with van der Waals surface area (Å²) in [4.78, 5) is 21.7. The first kappa shape index (κ1) is 16.3. The van der Waals surface area contributed by atoms with E-state index < -0.39 is 11.9 Å². The second kappa shape index (κ2) is 6.77. The second-order valence-electron chi connectivity index (χ2n) is 4.25. The van der Waals surface area contributed by atoms with Crippen molar-refractivity contribution in [3.05, 3.63) is 67.6 Å². The molecule has 2 N–H and O–H groups in total. The first-order valence-corrected chi connectivity index (χ1v) is 7.55. The minimum atomic E-state index is -1.01. The van der Waals surface area contributed by atoms with Gasteiger partial charge < -0.3 is 10.2 Å². The van der Waals surface area contributed by atoms with Crippen molar-refractivity contribution < 1.29 is 19.8 Å².